The van der Waals surface area contributed by atoms with E-state index >= 15 is 0 Å². The van der Waals surface area contributed by atoms with Gasteiger partial charge in [-0.1, -0.05) is 23.8 Å². The second-order valence-corrected chi connectivity index (χ2v) is 5.30. The van der Waals surface area contributed by atoms with E-state index in [-0.39, 0.29) is 11.9 Å². The molecule has 1 saturated carbocycles. The number of carbonyl (C=O) groups excluding carboxylic acids is 1. The Kier molecular flexibility index (Phi) is 4.02. The van der Waals surface area contributed by atoms with Gasteiger partial charge in [0, 0.05) is 12.1 Å². The van der Waals surface area contributed by atoms with Gasteiger partial charge < -0.3 is 10.6 Å². The van der Waals surface area contributed by atoms with Gasteiger partial charge in [0.1, 0.15) is 0 Å². The molecule has 0 heterocycles. The molecule has 1 aliphatic carbocycles. The van der Waals surface area contributed by atoms with E-state index in [1.165, 1.54) is 16.7 Å². The minimum absolute atomic E-state index is 0.106. The summed E-state index contributed by atoms with van der Waals surface area (Å²) < 4.78 is 0. The predicted molar refractivity (Wildman–Crippen MR) is 73.5 cm³/mol. The molecule has 0 aromatic heterocycles. The van der Waals surface area contributed by atoms with Crippen LogP contribution in [0.25, 0.3) is 0 Å². The molecule has 0 aliphatic heterocycles. The molecule has 1 aliphatic rings. The number of nitrogens with one attached hydrogen (secondary N) is 2. The summed E-state index contributed by atoms with van der Waals surface area (Å²) in [6.45, 7) is 6.70. The van der Waals surface area contributed by atoms with E-state index in [0.717, 1.165) is 12.8 Å². The van der Waals surface area contributed by atoms with Gasteiger partial charge in [0.25, 0.3) is 0 Å². The minimum Gasteiger partial charge on any atom is -0.352 e. The van der Waals surface area contributed by atoms with Crippen LogP contribution in [0, 0.1) is 13.8 Å². The average Bonchev–Trinajstić information content (AvgIpc) is 3.13. The number of benzene rings is 1. The maximum absolute atomic E-state index is 11.6. The normalized spacial score (nSPS) is 16.4. The van der Waals surface area contributed by atoms with Crippen LogP contribution in [-0.2, 0) is 4.79 Å². The third-order valence-electron chi connectivity index (χ3n) is 3.41. The summed E-state index contributed by atoms with van der Waals surface area (Å²) in [5.41, 5.74) is 3.80. The van der Waals surface area contributed by atoms with Gasteiger partial charge in [0.2, 0.25) is 5.91 Å². The van der Waals surface area contributed by atoms with E-state index in [1.807, 2.05) is 0 Å². The van der Waals surface area contributed by atoms with Crippen molar-refractivity contribution in [2.75, 3.05) is 6.54 Å². The first-order valence-corrected chi connectivity index (χ1v) is 6.66. The van der Waals surface area contributed by atoms with Crippen LogP contribution in [-0.4, -0.2) is 18.5 Å². The summed E-state index contributed by atoms with van der Waals surface area (Å²) in [7, 11) is 0. The lowest BCUT2D eigenvalue weighted by Crippen LogP contribution is -2.36. The summed E-state index contributed by atoms with van der Waals surface area (Å²) in [5, 5.41) is 6.27. The van der Waals surface area contributed by atoms with Crippen molar-refractivity contribution in [3.05, 3.63) is 34.9 Å². The van der Waals surface area contributed by atoms with Crippen molar-refractivity contribution >= 4 is 5.91 Å². The molecule has 1 aromatic carbocycles. The van der Waals surface area contributed by atoms with Crippen molar-refractivity contribution in [2.45, 2.75) is 45.7 Å². The molecular weight excluding hydrogens is 224 g/mol. The molecule has 0 bridgehead atoms. The first kappa shape index (κ1) is 13.1. The smallest absolute Gasteiger partial charge is 0.234 e. The van der Waals surface area contributed by atoms with Gasteiger partial charge >= 0.3 is 0 Å². The van der Waals surface area contributed by atoms with Gasteiger partial charge in [-0.05, 0) is 44.7 Å². The molecular formula is C15H22N2O. The molecule has 1 aromatic rings. The molecule has 2 rings (SSSR count). The number of hydrogen-bond donors (Lipinski definition) is 2. The van der Waals surface area contributed by atoms with Gasteiger partial charge in [-0.25, -0.2) is 0 Å². The predicted octanol–water partition coefficient (Wildman–Crippen LogP) is 2.23. The van der Waals surface area contributed by atoms with E-state index in [0.29, 0.717) is 12.6 Å². The molecule has 18 heavy (non-hydrogen) atoms. The Labute approximate surface area is 109 Å². The molecule has 0 saturated heterocycles. The summed E-state index contributed by atoms with van der Waals surface area (Å²) >= 11 is 0. The number of carbonyl (C=O) groups is 1. The van der Waals surface area contributed by atoms with Crippen molar-refractivity contribution < 1.29 is 4.79 Å². The maximum Gasteiger partial charge on any atom is 0.234 e. The highest BCUT2D eigenvalue weighted by molar-refractivity contribution is 5.78. The van der Waals surface area contributed by atoms with E-state index in [1.54, 1.807) is 0 Å². The summed E-state index contributed by atoms with van der Waals surface area (Å²) in [6, 6.07) is 7.08. The standard InChI is InChI=1S/C15H22N2O/c1-10-4-5-11(2)14(8-10)12(3)16-9-15(18)17-13-6-7-13/h4-5,8,12-13,16H,6-7,9H2,1-3H3,(H,17,18). The summed E-state index contributed by atoms with van der Waals surface area (Å²) in [4.78, 5) is 11.6. The summed E-state index contributed by atoms with van der Waals surface area (Å²) in [6.07, 6.45) is 2.27. The molecule has 3 nitrogen and oxygen atoms in total. The average molecular weight is 246 g/mol. The first-order valence-electron chi connectivity index (χ1n) is 6.66. The van der Waals surface area contributed by atoms with E-state index < -0.39 is 0 Å². The van der Waals surface area contributed by atoms with Crippen molar-refractivity contribution in [1.29, 1.82) is 0 Å². The third kappa shape index (κ3) is 3.57. The Morgan fingerprint density at radius 3 is 2.78 bits per heavy atom. The SMILES string of the molecule is Cc1ccc(C)c(C(C)NCC(=O)NC2CC2)c1. The van der Waals surface area contributed by atoms with Crippen LogP contribution in [0.2, 0.25) is 0 Å². The van der Waals surface area contributed by atoms with Crippen molar-refractivity contribution in [1.82, 2.24) is 10.6 Å². The zero-order chi connectivity index (χ0) is 13.1. The zero-order valence-electron chi connectivity index (χ0n) is 11.4. The molecule has 3 heteroatoms. The quantitative estimate of drug-likeness (QED) is 0.836. The van der Waals surface area contributed by atoms with Crippen molar-refractivity contribution in [3.63, 3.8) is 0 Å². The van der Waals surface area contributed by atoms with Gasteiger partial charge in [-0.3, -0.25) is 4.79 Å². The largest absolute Gasteiger partial charge is 0.352 e. The van der Waals surface area contributed by atoms with Crippen molar-refractivity contribution in [3.8, 4) is 0 Å². The lowest BCUT2D eigenvalue weighted by atomic mass is 10.00. The molecule has 1 unspecified atom stereocenters. The second-order valence-electron chi connectivity index (χ2n) is 5.30. The van der Waals surface area contributed by atoms with Crippen LogP contribution in [0.15, 0.2) is 18.2 Å². The van der Waals surface area contributed by atoms with Gasteiger partial charge in [0.05, 0.1) is 6.54 Å². The Hall–Kier alpha value is -1.35. The second kappa shape index (κ2) is 5.53. The van der Waals surface area contributed by atoms with E-state index in [9.17, 15) is 4.79 Å². The fraction of sp³-hybridized carbons (Fsp3) is 0.533. The highest BCUT2D eigenvalue weighted by Crippen LogP contribution is 2.19. The molecule has 98 valence electrons. The van der Waals surface area contributed by atoms with Gasteiger partial charge in [-0.2, -0.15) is 0 Å². The topological polar surface area (TPSA) is 41.1 Å². The van der Waals surface area contributed by atoms with E-state index in [2.05, 4.69) is 49.6 Å². The third-order valence-corrected chi connectivity index (χ3v) is 3.41. The van der Waals surface area contributed by atoms with Crippen LogP contribution in [0.3, 0.4) is 0 Å². The van der Waals surface area contributed by atoms with Crippen LogP contribution < -0.4 is 10.6 Å². The van der Waals surface area contributed by atoms with Crippen molar-refractivity contribution in [2.24, 2.45) is 0 Å². The Bertz CT molecular complexity index is 438. The zero-order valence-corrected chi connectivity index (χ0v) is 11.4. The number of hydrogen-bond acceptors (Lipinski definition) is 2. The lowest BCUT2D eigenvalue weighted by Gasteiger charge is -2.17. The highest BCUT2D eigenvalue weighted by atomic mass is 16.2. The minimum atomic E-state index is 0.106. The highest BCUT2D eigenvalue weighted by Gasteiger charge is 2.23. The molecule has 1 amide bonds. The molecule has 0 spiro atoms. The van der Waals surface area contributed by atoms with Gasteiger partial charge in [-0.15, -0.1) is 0 Å². The molecule has 1 atom stereocenters. The first-order chi connectivity index (χ1) is 8.56. The van der Waals surface area contributed by atoms with Crippen LogP contribution in [0.5, 0.6) is 0 Å². The molecule has 0 radical (unpaired) electrons. The van der Waals surface area contributed by atoms with Crippen LogP contribution >= 0.6 is 0 Å². The molecule has 1 fully saturated rings. The Morgan fingerprint density at radius 1 is 1.39 bits per heavy atom. The maximum atomic E-state index is 11.6. The summed E-state index contributed by atoms with van der Waals surface area (Å²) in [5.74, 6) is 0.106. The Morgan fingerprint density at radius 2 is 2.11 bits per heavy atom. The fourth-order valence-corrected chi connectivity index (χ4v) is 2.09. The number of rotatable bonds is 5. The van der Waals surface area contributed by atoms with Crippen LogP contribution in [0.1, 0.15) is 42.5 Å². The van der Waals surface area contributed by atoms with E-state index in [4.69, 9.17) is 0 Å². The lowest BCUT2D eigenvalue weighted by molar-refractivity contribution is -0.120. The molecule has 2 N–H and O–H groups in total. The number of amides is 1. The fourth-order valence-electron chi connectivity index (χ4n) is 2.09. The monoisotopic (exact) mass is 246 g/mol. The number of aryl methyl sites for hydroxylation is 2. The van der Waals surface area contributed by atoms with Gasteiger partial charge in [0.15, 0.2) is 0 Å². The van der Waals surface area contributed by atoms with Crippen LogP contribution in [0.4, 0.5) is 0 Å². The Balaban J connectivity index is 1.87.